The Balaban J connectivity index is 1.58. The normalized spacial score (nSPS) is 30.2. The average Bonchev–Trinajstić information content (AvgIpc) is 2.93. The van der Waals surface area contributed by atoms with E-state index < -0.39 is 10.1 Å². The Morgan fingerprint density at radius 2 is 1.92 bits per heavy atom. The summed E-state index contributed by atoms with van der Waals surface area (Å²) in [6, 6.07) is 6.73. The highest BCUT2D eigenvalue weighted by Gasteiger charge is 2.52. The zero-order valence-corrected chi connectivity index (χ0v) is 16.8. The second kappa shape index (κ2) is 7.43. The summed E-state index contributed by atoms with van der Waals surface area (Å²) in [5.74, 6) is 1.47. The first kappa shape index (κ1) is 19.6. The molecule has 0 saturated heterocycles. The Hall–Kier alpha value is -1.20. The third kappa shape index (κ3) is 3.74. The van der Waals surface area contributed by atoms with Crippen LogP contribution in [0.5, 0.6) is 0 Å². The van der Waals surface area contributed by atoms with Crippen LogP contribution in [0.25, 0.3) is 0 Å². The molecule has 0 bridgehead atoms. The van der Waals surface area contributed by atoms with E-state index in [1.54, 1.807) is 24.3 Å². The molecule has 4 nitrogen and oxygen atoms in total. The van der Waals surface area contributed by atoms with Gasteiger partial charge in [0.2, 0.25) is 0 Å². The Labute approximate surface area is 157 Å². The zero-order chi connectivity index (χ0) is 18.9. The molecule has 2 aliphatic rings. The number of hydrogen-bond acceptors (Lipinski definition) is 4. The molecule has 5 heteroatoms. The zero-order valence-electron chi connectivity index (χ0n) is 16.0. The highest BCUT2D eigenvalue weighted by Crippen LogP contribution is 2.56. The van der Waals surface area contributed by atoms with Gasteiger partial charge in [0, 0.05) is 12.3 Å². The minimum absolute atomic E-state index is 0.0879. The second-order valence-corrected chi connectivity index (χ2v) is 10.0. The largest absolute Gasteiger partial charge is 0.299 e. The summed E-state index contributed by atoms with van der Waals surface area (Å²) in [5, 5.41) is 0. The van der Waals surface area contributed by atoms with Crippen molar-refractivity contribution >= 4 is 15.9 Å². The monoisotopic (exact) mass is 378 g/mol. The molecule has 2 fully saturated rings. The smallest absolute Gasteiger partial charge is 0.296 e. The van der Waals surface area contributed by atoms with Crippen molar-refractivity contribution in [2.24, 2.45) is 23.2 Å². The van der Waals surface area contributed by atoms with E-state index in [0.29, 0.717) is 24.0 Å². The van der Waals surface area contributed by atoms with Crippen molar-refractivity contribution in [2.45, 2.75) is 64.2 Å². The van der Waals surface area contributed by atoms with E-state index in [9.17, 15) is 13.2 Å². The highest BCUT2D eigenvalue weighted by molar-refractivity contribution is 7.86. The molecule has 0 amide bonds. The van der Waals surface area contributed by atoms with Crippen LogP contribution in [0.1, 0.15) is 57.9 Å². The molecule has 0 heterocycles. The summed E-state index contributed by atoms with van der Waals surface area (Å²) in [7, 11) is -3.70. The van der Waals surface area contributed by atoms with Gasteiger partial charge in [-0.15, -0.1) is 0 Å². The summed E-state index contributed by atoms with van der Waals surface area (Å²) < 4.78 is 29.9. The van der Waals surface area contributed by atoms with Crippen LogP contribution in [0, 0.1) is 30.1 Å². The Kier molecular flexibility index (Phi) is 5.59. The highest BCUT2D eigenvalue weighted by atomic mass is 32.2. The standard InChI is InChI=1S/C21H30O4S/c1-15-6-8-17(9-7-15)26(23,24)25-14-12-16(2)18-10-11-19-20(22)5-4-13-21(18,19)3/h6-9,16,18-19H,4-5,10-14H2,1-3H3/t16-,18-,19+,21-/m1/s1. The van der Waals surface area contributed by atoms with E-state index in [4.69, 9.17) is 4.18 Å². The number of aryl methyl sites for hydroxylation is 1. The van der Waals surface area contributed by atoms with E-state index in [1.807, 2.05) is 6.92 Å². The molecule has 4 atom stereocenters. The number of carbonyl (C=O) groups is 1. The van der Waals surface area contributed by atoms with Crippen molar-refractivity contribution in [1.29, 1.82) is 0 Å². The molecular formula is C21H30O4S. The Bertz CT molecular complexity index is 753. The predicted octanol–water partition coefficient (Wildman–Crippen LogP) is 4.51. The molecule has 0 spiro atoms. The van der Waals surface area contributed by atoms with E-state index in [2.05, 4.69) is 13.8 Å². The summed E-state index contributed by atoms with van der Waals surface area (Å²) >= 11 is 0. The lowest BCUT2D eigenvalue weighted by Crippen LogP contribution is -2.39. The van der Waals surface area contributed by atoms with Crippen molar-refractivity contribution in [3.8, 4) is 0 Å². The second-order valence-electron chi connectivity index (χ2n) is 8.42. The number of benzene rings is 1. The lowest BCUT2D eigenvalue weighted by atomic mass is 9.62. The summed E-state index contributed by atoms with van der Waals surface area (Å²) in [5.41, 5.74) is 1.11. The molecule has 1 aromatic carbocycles. The van der Waals surface area contributed by atoms with Gasteiger partial charge in [-0.1, -0.05) is 31.5 Å². The molecule has 0 unspecified atom stereocenters. The van der Waals surface area contributed by atoms with Crippen LogP contribution in [0.2, 0.25) is 0 Å². The van der Waals surface area contributed by atoms with Crippen LogP contribution in [-0.4, -0.2) is 20.8 Å². The van der Waals surface area contributed by atoms with Gasteiger partial charge in [0.1, 0.15) is 5.78 Å². The number of hydrogen-bond donors (Lipinski definition) is 0. The van der Waals surface area contributed by atoms with E-state index >= 15 is 0 Å². The van der Waals surface area contributed by atoms with Gasteiger partial charge in [-0.3, -0.25) is 8.98 Å². The SMILES string of the molecule is Cc1ccc(S(=O)(=O)OCC[C@@H](C)[C@H]2CC[C@H]3C(=O)CCC[C@]23C)cc1. The maximum atomic E-state index is 12.3. The quantitative estimate of drug-likeness (QED) is 0.683. The Morgan fingerprint density at radius 3 is 2.62 bits per heavy atom. The fourth-order valence-corrected chi connectivity index (χ4v) is 6.14. The van der Waals surface area contributed by atoms with Crippen LogP contribution in [0.15, 0.2) is 29.2 Å². The number of rotatable bonds is 6. The lowest BCUT2D eigenvalue weighted by Gasteiger charge is -2.42. The summed E-state index contributed by atoms with van der Waals surface area (Å²) in [4.78, 5) is 12.5. The summed E-state index contributed by atoms with van der Waals surface area (Å²) in [6.45, 7) is 6.57. The third-order valence-corrected chi connectivity index (χ3v) is 8.07. The molecule has 26 heavy (non-hydrogen) atoms. The van der Waals surface area contributed by atoms with Crippen molar-refractivity contribution < 1.29 is 17.4 Å². The van der Waals surface area contributed by atoms with Gasteiger partial charge in [-0.25, -0.2) is 0 Å². The maximum absolute atomic E-state index is 12.3. The van der Waals surface area contributed by atoms with Crippen LogP contribution < -0.4 is 0 Å². The number of fused-ring (bicyclic) bond motifs is 1. The first-order valence-corrected chi connectivity index (χ1v) is 11.1. The van der Waals surface area contributed by atoms with Crippen LogP contribution in [-0.2, 0) is 19.1 Å². The van der Waals surface area contributed by atoms with Gasteiger partial charge in [-0.05, 0) is 68.4 Å². The first-order valence-electron chi connectivity index (χ1n) is 9.73. The molecule has 1 aromatic rings. The molecule has 3 rings (SSSR count). The van der Waals surface area contributed by atoms with Crippen molar-refractivity contribution in [1.82, 2.24) is 0 Å². The Morgan fingerprint density at radius 1 is 1.23 bits per heavy atom. The van der Waals surface area contributed by atoms with E-state index in [0.717, 1.165) is 37.7 Å². The molecular weight excluding hydrogens is 348 g/mol. The molecule has 144 valence electrons. The van der Waals surface area contributed by atoms with Crippen LogP contribution >= 0.6 is 0 Å². The summed E-state index contributed by atoms with van der Waals surface area (Å²) in [6.07, 6.45) is 5.60. The van der Waals surface area contributed by atoms with Gasteiger partial charge >= 0.3 is 0 Å². The van der Waals surface area contributed by atoms with Crippen molar-refractivity contribution in [3.63, 3.8) is 0 Å². The molecule has 0 radical (unpaired) electrons. The van der Waals surface area contributed by atoms with Gasteiger partial charge < -0.3 is 0 Å². The molecule has 0 aromatic heterocycles. The molecule has 0 N–H and O–H groups in total. The molecule has 2 saturated carbocycles. The molecule has 2 aliphatic carbocycles. The fourth-order valence-electron chi connectivity index (χ4n) is 5.22. The number of carbonyl (C=O) groups excluding carboxylic acids is 1. The topological polar surface area (TPSA) is 60.4 Å². The first-order chi connectivity index (χ1) is 12.2. The van der Waals surface area contributed by atoms with Gasteiger partial charge in [0.15, 0.2) is 0 Å². The minimum atomic E-state index is -3.70. The fraction of sp³-hybridized carbons (Fsp3) is 0.667. The van der Waals surface area contributed by atoms with Crippen LogP contribution in [0.4, 0.5) is 0 Å². The van der Waals surface area contributed by atoms with E-state index in [-0.39, 0.29) is 22.8 Å². The maximum Gasteiger partial charge on any atom is 0.296 e. The van der Waals surface area contributed by atoms with Gasteiger partial charge in [0.25, 0.3) is 10.1 Å². The van der Waals surface area contributed by atoms with Crippen LogP contribution in [0.3, 0.4) is 0 Å². The van der Waals surface area contributed by atoms with Crippen molar-refractivity contribution in [3.05, 3.63) is 29.8 Å². The predicted molar refractivity (Wildman–Crippen MR) is 101 cm³/mol. The average molecular weight is 379 g/mol. The van der Waals surface area contributed by atoms with Gasteiger partial charge in [0.05, 0.1) is 11.5 Å². The minimum Gasteiger partial charge on any atom is -0.299 e. The van der Waals surface area contributed by atoms with Crippen molar-refractivity contribution in [2.75, 3.05) is 6.61 Å². The van der Waals surface area contributed by atoms with E-state index in [1.165, 1.54) is 0 Å². The molecule has 0 aliphatic heterocycles. The lowest BCUT2D eigenvalue weighted by molar-refractivity contribution is -0.130. The number of Topliss-reactive ketones (excluding diaryl/α,β-unsaturated/α-hetero) is 1. The third-order valence-electron chi connectivity index (χ3n) is 6.74. The number of ketones is 1. The van der Waals surface area contributed by atoms with Gasteiger partial charge in [-0.2, -0.15) is 8.42 Å².